The van der Waals surface area contributed by atoms with Crippen LogP contribution in [0.25, 0.3) is 0 Å². The molecule has 0 saturated heterocycles. The first-order chi connectivity index (χ1) is 10.2. The molecule has 1 unspecified atom stereocenters. The average Bonchev–Trinajstić information content (AvgIpc) is 2.53. The van der Waals surface area contributed by atoms with Gasteiger partial charge in [-0.05, 0) is 23.8 Å². The van der Waals surface area contributed by atoms with E-state index < -0.39 is 0 Å². The van der Waals surface area contributed by atoms with Crippen molar-refractivity contribution in [3.63, 3.8) is 0 Å². The quantitative estimate of drug-likeness (QED) is 0.864. The molecule has 4 nitrogen and oxygen atoms in total. The van der Waals surface area contributed by atoms with Gasteiger partial charge < -0.3 is 14.8 Å². The normalized spacial score (nSPS) is 14.7. The highest BCUT2D eigenvalue weighted by atomic mass is 79.9. The molecule has 0 spiro atoms. The fourth-order valence-corrected chi connectivity index (χ4v) is 2.98. The first kappa shape index (κ1) is 13.9. The third-order valence-electron chi connectivity index (χ3n) is 3.34. The maximum absolute atomic E-state index is 11.4. The molecule has 0 saturated carbocycles. The fourth-order valence-electron chi connectivity index (χ4n) is 2.31. The Balaban J connectivity index is 1.96. The van der Waals surface area contributed by atoms with Crippen molar-refractivity contribution in [1.29, 1.82) is 0 Å². The maximum atomic E-state index is 11.4. The van der Waals surface area contributed by atoms with Gasteiger partial charge in [0.2, 0.25) is 0 Å². The SMILES string of the molecule is COc1ccccc1C(Br)c1ccc2c(c1)NC(=O)CO2. The van der Waals surface area contributed by atoms with Crippen LogP contribution < -0.4 is 14.8 Å². The minimum atomic E-state index is -0.136. The number of hydrogen-bond acceptors (Lipinski definition) is 3. The van der Waals surface area contributed by atoms with Crippen LogP contribution in [0.4, 0.5) is 5.69 Å². The topological polar surface area (TPSA) is 47.6 Å². The molecule has 21 heavy (non-hydrogen) atoms. The van der Waals surface area contributed by atoms with Gasteiger partial charge in [0.1, 0.15) is 11.5 Å². The number of para-hydroxylation sites is 1. The summed E-state index contributed by atoms with van der Waals surface area (Å²) in [6.45, 7) is 0.0661. The van der Waals surface area contributed by atoms with Crippen molar-refractivity contribution in [1.82, 2.24) is 0 Å². The predicted octanol–water partition coefficient (Wildman–Crippen LogP) is 3.51. The zero-order valence-corrected chi connectivity index (χ0v) is 13.0. The van der Waals surface area contributed by atoms with Crippen molar-refractivity contribution >= 4 is 27.5 Å². The summed E-state index contributed by atoms with van der Waals surface area (Å²) in [5.74, 6) is 1.37. The predicted molar refractivity (Wildman–Crippen MR) is 84.3 cm³/mol. The van der Waals surface area contributed by atoms with Gasteiger partial charge in [0.05, 0.1) is 17.6 Å². The van der Waals surface area contributed by atoms with E-state index in [0.717, 1.165) is 16.9 Å². The number of amides is 1. The van der Waals surface area contributed by atoms with Gasteiger partial charge in [-0.3, -0.25) is 4.79 Å². The molecular formula is C16H14BrNO3. The number of methoxy groups -OCH3 is 1. The Bertz CT molecular complexity index is 687. The Morgan fingerprint density at radius 1 is 1.29 bits per heavy atom. The van der Waals surface area contributed by atoms with Crippen LogP contribution in [0, 0.1) is 0 Å². The lowest BCUT2D eigenvalue weighted by molar-refractivity contribution is -0.118. The third-order valence-corrected chi connectivity index (χ3v) is 4.36. The van der Waals surface area contributed by atoms with Crippen molar-refractivity contribution in [3.05, 3.63) is 53.6 Å². The number of alkyl halides is 1. The van der Waals surface area contributed by atoms with E-state index in [-0.39, 0.29) is 17.3 Å². The molecule has 0 radical (unpaired) electrons. The summed E-state index contributed by atoms with van der Waals surface area (Å²) in [4.78, 5) is 11.4. The lowest BCUT2D eigenvalue weighted by Crippen LogP contribution is -2.25. The first-order valence-electron chi connectivity index (χ1n) is 6.52. The van der Waals surface area contributed by atoms with Gasteiger partial charge in [0.25, 0.3) is 5.91 Å². The summed E-state index contributed by atoms with van der Waals surface area (Å²) in [5, 5.41) is 2.82. The van der Waals surface area contributed by atoms with Gasteiger partial charge in [-0.25, -0.2) is 0 Å². The van der Waals surface area contributed by atoms with E-state index in [1.54, 1.807) is 7.11 Å². The molecule has 1 aliphatic rings. The summed E-state index contributed by atoms with van der Waals surface area (Å²) in [7, 11) is 1.65. The molecule has 0 aliphatic carbocycles. The van der Waals surface area contributed by atoms with E-state index in [1.807, 2.05) is 42.5 Å². The average molecular weight is 348 g/mol. The molecular weight excluding hydrogens is 334 g/mol. The van der Waals surface area contributed by atoms with Crippen molar-refractivity contribution in [2.45, 2.75) is 4.83 Å². The number of rotatable bonds is 3. The van der Waals surface area contributed by atoms with Crippen LogP contribution in [0.15, 0.2) is 42.5 Å². The van der Waals surface area contributed by atoms with E-state index in [9.17, 15) is 4.79 Å². The Labute approximate surface area is 131 Å². The zero-order valence-electron chi connectivity index (χ0n) is 11.4. The second-order valence-corrected chi connectivity index (χ2v) is 5.61. The fraction of sp³-hybridized carbons (Fsp3) is 0.188. The summed E-state index contributed by atoms with van der Waals surface area (Å²) < 4.78 is 10.8. The number of anilines is 1. The number of carbonyl (C=O) groups is 1. The second kappa shape index (κ2) is 5.77. The highest BCUT2D eigenvalue weighted by Gasteiger charge is 2.20. The van der Waals surface area contributed by atoms with E-state index in [1.165, 1.54) is 0 Å². The van der Waals surface area contributed by atoms with Crippen LogP contribution in [0.5, 0.6) is 11.5 Å². The van der Waals surface area contributed by atoms with Crippen LogP contribution in [0.2, 0.25) is 0 Å². The van der Waals surface area contributed by atoms with Crippen LogP contribution in [-0.4, -0.2) is 19.6 Å². The minimum Gasteiger partial charge on any atom is -0.496 e. The first-order valence-corrected chi connectivity index (χ1v) is 7.44. The van der Waals surface area contributed by atoms with Gasteiger partial charge >= 0.3 is 0 Å². The molecule has 1 aliphatic heterocycles. The molecule has 1 atom stereocenters. The zero-order chi connectivity index (χ0) is 14.8. The molecule has 2 aromatic rings. The van der Waals surface area contributed by atoms with Crippen molar-refractivity contribution in [3.8, 4) is 11.5 Å². The molecule has 1 heterocycles. The molecule has 108 valence electrons. The monoisotopic (exact) mass is 347 g/mol. The third kappa shape index (κ3) is 2.74. The lowest BCUT2D eigenvalue weighted by atomic mass is 10.0. The van der Waals surface area contributed by atoms with Crippen LogP contribution in [-0.2, 0) is 4.79 Å². The van der Waals surface area contributed by atoms with Gasteiger partial charge in [-0.1, -0.05) is 40.2 Å². The molecule has 0 fully saturated rings. The summed E-state index contributed by atoms with van der Waals surface area (Å²) >= 11 is 3.70. The van der Waals surface area contributed by atoms with Gasteiger partial charge in [-0.15, -0.1) is 0 Å². The molecule has 2 aromatic carbocycles. The van der Waals surface area contributed by atoms with E-state index in [0.29, 0.717) is 11.4 Å². The van der Waals surface area contributed by atoms with E-state index in [4.69, 9.17) is 9.47 Å². The largest absolute Gasteiger partial charge is 0.496 e. The van der Waals surface area contributed by atoms with Crippen molar-refractivity contribution in [2.24, 2.45) is 0 Å². The van der Waals surface area contributed by atoms with Gasteiger partial charge in [0.15, 0.2) is 6.61 Å². The molecule has 0 bridgehead atoms. The van der Waals surface area contributed by atoms with Crippen LogP contribution >= 0.6 is 15.9 Å². The highest BCUT2D eigenvalue weighted by Crippen LogP contribution is 2.39. The molecule has 3 rings (SSSR count). The van der Waals surface area contributed by atoms with Gasteiger partial charge in [0, 0.05) is 5.56 Å². The maximum Gasteiger partial charge on any atom is 0.262 e. The number of halogens is 1. The van der Waals surface area contributed by atoms with Gasteiger partial charge in [-0.2, -0.15) is 0 Å². The standard InChI is InChI=1S/C16H14BrNO3/c1-20-13-5-3-2-4-11(13)16(17)10-6-7-14-12(8-10)18-15(19)9-21-14/h2-8,16H,9H2,1H3,(H,18,19). The number of carbonyl (C=O) groups excluding carboxylic acids is 1. The summed E-state index contributed by atoms with van der Waals surface area (Å²) in [6.07, 6.45) is 0. The number of hydrogen-bond donors (Lipinski definition) is 1. The molecule has 1 N–H and O–H groups in total. The second-order valence-electron chi connectivity index (χ2n) is 4.70. The summed E-state index contributed by atoms with van der Waals surface area (Å²) in [5.41, 5.74) is 2.75. The van der Waals surface area contributed by atoms with E-state index in [2.05, 4.69) is 21.2 Å². The number of ether oxygens (including phenoxy) is 2. The van der Waals surface area contributed by atoms with Crippen molar-refractivity contribution < 1.29 is 14.3 Å². The Kier molecular flexibility index (Phi) is 3.84. The Morgan fingerprint density at radius 3 is 2.90 bits per heavy atom. The van der Waals surface area contributed by atoms with Crippen LogP contribution in [0.3, 0.4) is 0 Å². The minimum absolute atomic E-state index is 0.0298. The highest BCUT2D eigenvalue weighted by molar-refractivity contribution is 9.09. The van der Waals surface area contributed by atoms with Crippen LogP contribution in [0.1, 0.15) is 16.0 Å². The number of benzene rings is 2. The molecule has 0 aromatic heterocycles. The van der Waals surface area contributed by atoms with E-state index >= 15 is 0 Å². The van der Waals surface area contributed by atoms with Crippen molar-refractivity contribution in [2.75, 3.05) is 19.0 Å². The summed E-state index contributed by atoms with van der Waals surface area (Å²) in [6, 6.07) is 13.6. The Hall–Kier alpha value is -2.01. The molecule has 1 amide bonds. The smallest absolute Gasteiger partial charge is 0.262 e. The number of fused-ring (bicyclic) bond motifs is 1. The Morgan fingerprint density at radius 2 is 2.10 bits per heavy atom. The molecule has 5 heteroatoms. The number of nitrogens with one attached hydrogen (secondary N) is 1. The lowest BCUT2D eigenvalue weighted by Gasteiger charge is -2.20.